The molecule has 1 aliphatic rings. The first kappa shape index (κ1) is 8.84. The molecule has 2 heterocycles. The minimum Gasteiger partial charge on any atom is -0.454 e. The van der Waals surface area contributed by atoms with Gasteiger partial charge in [-0.05, 0) is 34.2 Å². The third-order valence-electron chi connectivity index (χ3n) is 2.06. The van der Waals surface area contributed by atoms with Crippen LogP contribution in [0.2, 0.25) is 0 Å². The van der Waals surface area contributed by atoms with Crippen molar-refractivity contribution >= 4 is 6.21 Å². The van der Waals surface area contributed by atoms with Gasteiger partial charge in [0.2, 0.25) is 6.79 Å². The van der Waals surface area contributed by atoms with Crippen LogP contribution in [0.15, 0.2) is 29.6 Å². The number of aromatic nitrogens is 4. The molecule has 3 rings (SSSR count). The maximum Gasteiger partial charge on any atom is 0.231 e. The molecule has 0 unspecified atom stereocenters. The summed E-state index contributed by atoms with van der Waals surface area (Å²) in [6.45, 7) is 0.267. The molecule has 1 aliphatic heterocycles. The molecule has 7 heteroatoms. The lowest BCUT2D eigenvalue weighted by Gasteiger charge is -1.96. The third kappa shape index (κ3) is 1.58. The molecule has 0 radical (unpaired) electrons. The van der Waals surface area contributed by atoms with Gasteiger partial charge in [-0.15, -0.1) is 9.89 Å². The molecule has 0 spiro atoms. The molecular weight excluding hydrogens is 210 g/mol. The van der Waals surface area contributed by atoms with E-state index in [1.807, 2.05) is 18.2 Å². The Morgan fingerprint density at radius 2 is 2.25 bits per heavy atom. The Labute approximate surface area is 90.3 Å². The van der Waals surface area contributed by atoms with Crippen molar-refractivity contribution in [2.24, 2.45) is 5.10 Å². The SMILES string of the molecule is C(=N/n1cnnn1)/c1ccc2c(c1)OCO2. The number of hydrogen-bond donors (Lipinski definition) is 0. The van der Waals surface area contributed by atoms with Crippen LogP contribution in [0.5, 0.6) is 11.5 Å². The Kier molecular flexibility index (Phi) is 1.99. The molecule has 0 amide bonds. The largest absolute Gasteiger partial charge is 0.454 e. The highest BCUT2D eigenvalue weighted by molar-refractivity contribution is 5.80. The summed E-state index contributed by atoms with van der Waals surface area (Å²) in [7, 11) is 0. The highest BCUT2D eigenvalue weighted by Gasteiger charge is 2.12. The van der Waals surface area contributed by atoms with E-state index in [-0.39, 0.29) is 6.79 Å². The van der Waals surface area contributed by atoms with Gasteiger partial charge in [-0.3, -0.25) is 0 Å². The average Bonchev–Trinajstić information content (AvgIpc) is 2.97. The van der Waals surface area contributed by atoms with Crippen molar-refractivity contribution in [1.29, 1.82) is 0 Å². The highest BCUT2D eigenvalue weighted by atomic mass is 16.7. The summed E-state index contributed by atoms with van der Waals surface area (Å²) in [6.07, 6.45) is 3.04. The van der Waals surface area contributed by atoms with Gasteiger partial charge in [0.25, 0.3) is 0 Å². The average molecular weight is 217 g/mol. The van der Waals surface area contributed by atoms with Gasteiger partial charge in [0.1, 0.15) is 0 Å². The molecule has 7 nitrogen and oxygen atoms in total. The Balaban J connectivity index is 1.85. The fourth-order valence-corrected chi connectivity index (χ4v) is 1.33. The quantitative estimate of drug-likeness (QED) is 0.675. The van der Waals surface area contributed by atoms with Crippen molar-refractivity contribution in [2.75, 3.05) is 6.79 Å². The van der Waals surface area contributed by atoms with E-state index in [0.29, 0.717) is 0 Å². The second-order valence-electron chi connectivity index (χ2n) is 3.09. The summed E-state index contributed by atoms with van der Waals surface area (Å²) in [4.78, 5) is 1.27. The molecule has 2 aromatic rings. The van der Waals surface area contributed by atoms with Crippen LogP contribution in [0.4, 0.5) is 0 Å². The van der Waals surface area contributed by atoms with Gasteiger partial charge in [0.05, 0.1) is 6.21 Å². The molecule has 0 saturated heterocycles. The van der Waals surface area contributed by atoms with E-state index in [4.69, 9.17) is 9.47 Å². The van der Waals surface area contributed by atoms with Crippen LogP contribution in [-0.4, -0.2) is 33.3 Å². The monoisotopic (exact) mass is 217 g/mol. The lowest BCUT2D eigenvalue weighted by molar-refractivity contribution is 0.174. The first-order valence-corrected chi connectivity index (χ1v) is 4.59. The molecule has 16 heavy (non-hydrogen) atoms. The van der Waals surface area contributed by atoms with Crippen LogP contribution in [0, 0.1) is 0 Å². The van der Waals surface area contributed by atoms with E-state index in [1.54, 1.807) is 6.21 Å². The summed E-state index contributed by atoms with van der Waals surface area (Å²) >= 11 is 0. The van der Waals surface area contributed by atoms with Gasteiger partial charge in [0, 0.05) is 0 Å². The molecule has 0 bridgehead atoms. The molecule has 80 valence electrons. The maximum atomic E-state index is 5.25. The molecule has 0 fully saturated rings. The van der Waals surface area contributed by atoms with Gasteiger partial charge in [-0.1, -0.05) is 0 Å². The van der Waals surface area contributed by atoms with E-state index in [0.717, 1.165) is 17.1 Å². The summed E-state index contributed by atoms with van der Waals surface area (Å²) in [5, 5.41) is 14.6. The predicted molar refractivity (Wildman–Crippen MR) is 53.4 cm³/mol. The number of tetrazole rings is 1. The van der Waals surface area contributed by atoms with Crippen molar-refractivity contribution in [3.63, 3.8) is 0 Å². The minimum atomic E-state index is 0.267. The Morgan fingerprint density at radius 3 is 3.12 bits per heavy atom. The predicted octanol–water partition coefficient (Wildman–Crippen LogP) is 0.284. The number of hydrogen-bond acceptors (Lipinski definition) is 6. The van der Waals surface area contributed by atoms with Gasteiger partial charge in [-0.25, -0.2) is 0 Å². The lowest BCUT2D eigenvalue weighted by atomic mass is 10.2. The van der Waals surface area contributed by atoms with Crippen LogP contribution in [0.1, 0.15) is 5.56 Å². The van der Waals surface area contributed by atoms with Gasteiger partial charge >= 0.3 is 0 Å². The fraction of sp³-hybridized carbons (Fsp3) is 0.111. The van der Waals surface area contributed by atoms with E-state index >= 15 is 0 Å². The first-order valence-electron chi connectivity index (χ1n) is 4.59. The Morgan fingerprint density at radius 1 is 1.31 bits per heavy atom. The van der Waals surface area contributed by atoms with Crippen LogP contribution in [-0.2, 0) is 0 Å². The number of ether oxygens (including phenoxy) is 2. The molecule has 0 N–H and O–H groups in total. The van der Waals surface area contributed by atoms with E-state index in [9.17, 15) is 0 Å². The number of nitrogens with zero attached hydrogens (tertiary/aromatic N) is 5. The fourth-order valence-electron chi connectivity index (χ4n) is 1.33. The Hall–Kier alpha value is -2.44. The Bertz CT molecular complexity index is 523. The summed E-state index contributed by atoms with van der Waals surface area (Å²) < 4.78 is 10.4. The van der Waals surface area contributed by atoms with E-state index in [2.05, 4.69) is 20.6 Å². The van der Waals surface area contributed by atoms with Crippen molar-refractivity contribution < 1.29 is 9.47 Å². The lowest BCUT2D eigenvalue weighted by Crippen LogP contribution is -1.93. The smallest absolute Gasteiger partial charge is 0.231 e. The van der Waals surface area contributed by atoms with Crippen LogP contribution in [0.25, 0.3) is 0 Å². The third-order valence-corrected chi connectivity index (χ3v) is 2.06. The van der Waals surface area contributed by atoms with Crippen molar-refractivity contribution in [2.45, 2.75) is 0 Å². The number of fused-ring (bicyclic) bond motifs is 1. The first-order chi connectivity index (χ1) is 7.92. The van der Waals surface area contributed by atoms with Crippen LogP contribution >= 0.6 is 0 Å². The number of benzene rings is 1. The van der Waals surface area contributed by atoms with Crippen LogP contribution in [0.3, 0.4) is 0 Å². The zero-order valence-electron chi connectivity index (χ0n) is 8.15. The zero-order chi connectivity index (χ0) is 10.8. The maximum absolute atomic E-state index is 5.25. The topological polar surface area (TPSA) is 74.4 Å². The number of rotatable bonds is 2. The van der Waals surface area contributed by atoms with E-state index < -0.39 is 0 Å². The molecule has 1 aromatic heterocycles. The normalized spacial score (nSPS) is 13.5. The van der Waals surface area contributed by atoms with Crippen molar-refractivity contribution in [3.05, 3.63) is 30.1 Å². The molecule has 0 saturated carbocycles. The standard InChI is InChI=1S/C9H7N5O2/c1-2-8-9(16-6-15-8)3-7(1)4-11-14-5-10-12-13-14/h1-5H,6H2/b11-4-. The van der Waals surface area contributed by atoms with Crippen molar-refractivity contribution in [3.8, 4) is 11.5 Å². The summed E-state index contributed by atoms with van der Waals surface area (Å²) in [5.41, 5.74) is 0.889. The minimum absolute atomic E-state index is 0.267. The molecule has 0 aliphatic carbocycles. The summed E-state index contributed by atoms with van der Waals surface area (Å²) in [5.74, 6) is 1.47. The van der Waals surface area contributed by atoms with Crippen LogP contribution < -0.4 is 9.47 Å². The molecular formula is C9H7N5O2. The second-order valence-corrected chi connectivity index (χ2v) is 3.09. The van der Waals surface area contributed by atoms with E-state index in [1.165, 1.54) is 11.1 Å². The van der Waals surface area contributed by atoms with Gasteiger partial charge in [0.15, 0.2) is 17.8 Å². The van der Waals surface area contributed by atoms with Gasteiger partial charge < -0.3 is 9.47 Å². The molecule has 0 atom stereocenters. The zero-order valence-corrected chi connectivity index (χ0v) is 8.15. The van der Waals surface area contributed by atoms with Crippen molar-refractivity contribution in [1.82, 2.24) is 20.3 Å². The second kappa shape index (κ2) is 3.61. The highest BCUT2D eigenvalue weighted by Crippen LogP contribution is 2.31. The summed E-state index contributed by atoms with van der Waals surface area (Å²) in [6, 6.07) is 5.56. The molecule has 1 aromatic carbocycles. The van der Waals surface area contributed by atoms with Gasteiger partial charge in [-0.2, -0.15) is 5.10 Å².